The van der Waals surface area contributed by atoms with Crippen LogP contribution in [0.25, 0.3) is 0 Å². The molecule has 0 aliphatic rings. The molecule has 0 unspecified atom stereocenters. The lowest BCUT2D eigenvalue weighted by Gasteiger charge is -2.10. The smallest absolute Gasteiger partial charge is 0.243 e. The van der Waals surface area contributed by atoms with E-state index >= 15 is 0 Å². The highest BCUT2D eigenvalue weighted by Crippen LogP contribution is 2.25. The highest BCUT2D eigenvalue weighted by molar-refractivity contribution is 9.10. The van der Waals surface area contributed by atoms with E-state index in [1.807, 2.05) is 25.1 Å². The first-order chi connectivity index (χ1) is 9.95. The maximum Gasteiger partial charge on any atom is 0.243 e. The number of hydrogen-bond acceptors (Lipinski definition) is 2. The first-order valence-corrected chi connectivity index (χ1v) is 7.75. The second-order valence-electron chi connectivity index (χ2n) is 4.49. The maximum absolute atomic E-state index is 11.9. The van der Waals surface area contributed by atoms with Gasteiger partial charge in [-0.15, -0.1) is 0 Å². The highest BCUT2D eigenvalue weighted by atomic mass is 79.9. The van der Waals surface area contributed by atoms with Crippen molar-refractivity contribution in [2.45, 2.75) is 6.92 Å². The Hall–Kier alpha value is -1.23. The van der Waals surface area contributed by atoms with Crippen LogP contribution in [-0.4, -0.2) is 12.5 Å². The minimum Gasteiger partial charge on any atom is -0.376 e. The van der Waals surface area contributed by atoms with Crippen LogP contribution < -0.4 is 10.6 Å². The summed E-state index contributed by atoms with van der Waals surface area (Å²) in [6.45, 7) is 2.05. The van der Waals surface area contributed by atoms with Gasteiger partial charge >= 0.3 is 0 Å². The summed E-state index contributed by atoms with van der Waals surface area (Å²) < 4.78 is 0.814. The number of nitrogens with one attached hydrogen (secondary N) is 2. The number of halogens is 3. The summed E-state index contributed by atoms with van der Waals surface area (Å²) in [6.07, 6.45) is 0. The number of rotatable bonds is 4. The molecule has 2 aromatic rings. The van der Waals surface area contributed by atoms with Crippen molar-refractivity contribution < 1.29 is 4.79 Å². The Morgan fingerprint density at radius 1 is 1.19 bits per heavy atom. The standard InChI is InChI=1S/C15H13BrCl2N2O/c1-9-2-3-10(17)6-14(9)20-15(21)8-19-11-4-5-12(16)13(18)7-11/h2-7,19H,8H2,1H3,(H,20,21). The molecule has 0 atom stereocenters. The van der Waals surface area contributed by atoms with Gasteiger partial charge in [0, 0.05) is 20.9 Å². The number of benzene rings is 2. The molecule has 110 valence electrons. The van der Waals surface area contributed by atoms with E-state index in [0.717, 1.165) is 15.7 Å². The summed E-state index contributed by atoms with van der Waals surface area (Å²) in [7, 11) is 0. The largest absolute Gasteiger partial charge is 0.376 e. The molecule has 0 heterocycles. The monoisotopic (exact) mass is 386 g/mol. The lowest BCUT2D eigenvalue weighted by Crippen LogP contribution is -2.22. The van der Waals surface area contributed by atoms with Crippen LogP contribution in [0.2, 0.25) is 10.0 Å². The summed E-state index contributed by atoms with van der Waals surface area (Å²) >= 11 is 15.2. The zero-order chi connectivity index (χ0) is 15.4. The summed E-state index contributed by atoms with van der Waals surface area (Å²) in [5.41, 5.74) is 2.45. The predicted octanol–water partition coefficient (Wildman–Crippen LogP) is 5.11. The topological polar surface area (TPSA) is 41.1 Å². The molecule has 2 rings (SSSR count). The molecule has 2 N–H and O–H groups in total. The molecule has 6 heteroatoms. The fourth-order valence-electron chi connectivity index (χ4n) is 1.71. The summed E-state index contributed by atoms with van der Waals surface area (Å²) in [6, 6.07) is 10.8. The van der Waals surface area contributed by atoms with Gasteiger partial charge in [0.15, 0.2) is 0 Å². The molecule has 1 amide bonds. The third-order valence-corrected chi connectivity index (χ3v) is 4.31. The van der Waals surface area contributed by atoms with Crippen LogP contribution in [-0.2, 0) is 4.79 Å². The van der Waals surface area contributed by atoms with Gasteiger partial charge in [-0.1, -0.05) is 29.3 Å². The normalized spacial score (nSPS) is 10.3. The van der Waals surface area contributed by atoms with Crippen molar-refractivity contribution in [3.05, 3.63) is 56.5 Å². The SMILES string of the molecule is Cc1ccc(Cl)cc1NC(=O)CNc1ccc(Br)c(Cl)c1. The van der Waals surface area contributed by atoms with Crippen LogP contribution in [0.15, 0.2) is 40.9 Å². The molecule has 0 radical (unpaired) electrons. The molecule has 0 aliphatic carbocycles. The molecule has 0 aromatic heterocycles. The van der Waals surface area contributed by atoms with Crippen molar-refractivity contribution in [1.82, 2.24) is 0 Å². The molecular weight excluding hydrogens is 375 g/mol. The second kappa shape index (κ2) is 7.16. The van der Waals surface area contributed by atoms with E-state index < -0.39 is 0 Å². The minimum atomic E-state index is -0.153. The molecule has 2 aromatic carbocycles. The van der Waals surface area contributed by atoms with Gasteiger partial charge < -0.3 is 10.6 Å². The van der Waals surface area contributed by atoms with E-state index in [4.69, 9.17) is 23.2 Å². The van der Waals surface area contributed by atoms with E-state index in [2.05, 4.69) is 26.6 Å². The minimum absolute atomic E-state index is 0.143. The van der Waals surface area contributed by atoms with Gasteiger partial charge in [-0.05, 0) is 58.7 Å². The van der Waals surface area contributed by atoms with Gasteiger partial charge in [-0.3, -0.25) is 4.79 Å². The highest BCUT2D eigenvalue weighted by Gasteiger charge is 2.06. The molecule has 21 heavy (non-hydrogen) atoms. The van der Waals surface area contributed by atoms with Gasteiger partial charge in [0.2, 0.25) is 5.91 Å². The summed E-state index contributed by atoms with van der Waals surface area (Å²) in [5.74, 6) is -0.153. The van der Waals surface area contributed by atoms with E-state index in [1.54, 1.807) is 18.2 Å². The van der Waals surface area contributed by atoms with E-state index in [1.165, 1.54) is 0 Å². The molecule has 0 bridgehead atoms. The Kier molecular flexibility index (Phi) is 5.51. The van der Waals surface area contributed by atoms with Gasteiger partial charge in [0.25, 0.3) is 0 Å². The molecular formula is C15H13BrCl2N2O. The molecule has 3 nitrogen and oxygen atoms in total. The lowest BCUT2D eigenvalue weighted by molar-refractivity contribution is -0.114. The maximum atomic E-state index is 11.9. The Bertz CT molecular complexity index is 677. The van der Waals surface area contributed by atoms with Crippen LogP contribution in [0.3, 0.4) is 0 Å². The second-order valence-corrected chi connectivity index (χ2v) is 6.19. The zero-order valence-electron chi connectivity index (χ0n) is 11.2. The van der Waals surface area contributed by atoms with Gasteiger partial charge in [0.1, 0.15) is 0 Å². The fraction of sp³-hybridized carbons (Fsp3) is 0.133. The number of hydrogen-bond donors (Lipinski definition) is 2. The molecule has 0 saturated heterocycles. The Labute approximate surface area is 141 Å². The van der Waals surface area contributed by atoms with E-state index in [9.17, 15) is 4.79 Å². The summed E-state index contributed by atoms with van der Waals surface area (Å²) in [5, 5.41) is 7.01. The van der Waals surface area contributed by atoms with Crippen molar-refractivity contribution in [2.24, 2.45) is 0 Å². The van der Waals surface area contributed by atoms with Crippen molar-refractivity contribution in [3.8, 4) is 0 Å². The average Bonchev–Trinajstić information content (AvgIpc) is 2.44. The van der Waals surface area contributed by atoms with Gasteiger partial charge in [-0.25, -0.2) is 0 Å². The molecule has 0 saturated carbocycles. The van der Waals surface area contributed by atoms with Crippen molar-refractivity contribution in [1.29, 1.82) is 0 Å². The number of carbonyl (C=O) groups excluding carboxylic acids is 1. The number of anilines is 2. The first-order valence-electron chi connectivity index (χ1n) is 6.20. The van der Waals surface area contributed by atoms with E-state index in [0.29, 0.717) is 15.7 Å². The molecule has 0 spiro atoms. The van der Waals surface area contributed by atoms with Crippen molar-refractivity contribution in [2.75, 3.05) is 17.2 Å². The third kappa shape index (κ3) is 4.63. The Balaban J connectivity index is 1.95. The van der Waals surface area contributed by atoms with E-state index in [-0.39, 0.29) is 12.5 Å². The molecule has 0 aliphatic heterocycles. The first kappa shape index (κ1) is 16.1. The van der Waals surface area contributed by atoms with Crippen LogP contribution >= 0.6 is 39.1 Å². The predicted molar refractivity (Wildman–Crippen MR) is 92.5 cm³/mol. The Morgan fingerprint density at radius 3 is 2.67 bits per heavy atom. The number of carbonyl (C=O) groups is 1. The van der Waals surface area contributed by atoms with Gasteiger partial charge in [-0.2, -0.15) is 0 Å². The zero-order valence-corrected chi connectivity index (χ0v) is 14.3. The van der Waals surface area contributed by atoms with Crippen LogP contribution in [0.5, 0.6) is 0 Å². The number of amides is 1. The van der Waals surface area contributed by atoms with Crippen molar-refractivity contribution in [3.63, 3.8) is 0 Å². The van der Waals surface area contributed by atoms with Crippen LogP contribution in [0.1, 0.15) is 5.56 Å². The lowest BCUT2D eigenvalue weighted by atomic mass is 10.2. The molecule has 0 fully saturated rings. The van der Waals surface area contributed by atoms with Crippen molar-refractivity contribution >= 4 is 56.4 Å². The quantitative estimate of drug-likeness (QED) is 0.764. The third-order valence-electron chi connectivity index (χ3n) is 2.85. The average molecular weight is 388 g/mol. The van der Waals surface area contributed by atoms with Gasteiger partial charge in [0.05, 0.1) is 11.6 Å². The number of aryl methyl sites for hydroxylation is 1. The Morgan fingerprint density at radius 2 is 1.95 bits per heavy atom. The van der Waals surface area contributed by atoms with Crippen LogP contribution in [0, 0.1) is 6.92 Å². The summed E-state index contributed by atoms with van der Waals surface area (Å²) in [4.78, 5) is 11.9. The fourth-order valence-corrected chi connectivity index (χ4v) is 2.31. The van der Waals surface area contributed by atoms with Crippen LogP contribution in [0.4, 0.5) is 11.4 Å².